The van der Waals surface area contributed by atoms with Crippen LogP contribution in [0, 0.1) is 18.6 Å². The van der Waals surface area contributed by atoms with Gasteiger partial charge >= 0.3 is 0 Å². The topological polar surface area (TPSA) is 116 Å². The molecule has 4 rings (SSSR count). The molecule has 0 radical (unpaired) electrons. The molecule has 1 saturated carbocycles. The number of aromatic nitrogens is 1. The van der Waals surface area contributed by atoms with E-state index < -0.39 is 11.6 Å². The van der Waals surface area contributed by atoms with Crippen molar-refractivity contribution in [3.05, 3.63) is 47.7 Å². The van der Waals surface area contributed by atoms with Crippen LogP contribution in [0.25, 0.3) is 11.3 Å². The summed E-state index contributed by atoms with van der Waals surface area (Å²) in [4.78, 5) is 25.6. The number of hydrogen-bond acceptors (Lipinski definition) is 7. The van der Waals surface area contributed by atoms with Crippen molar-refractivity contribution in [3.8, 4) is 22.8 Å². The van der Waals surface area contributed by atoms with Crippen LogP contribution in [0.3, 0.4) is 0 Å². The first-order chi connectivity index (χ1) is 20.1. The number of pyridine rings is 1. The highest BCUT2D eigenvalue weighted by atomic mass is 19.1. The monoisotopic (exact) mass is 585 g/mol. The molecule has 1 aliphatic heterocycles. The van der Waals surface area contributed by atoms with Crippen LogP contribution in [0.5, 0.6) is 11.5 Å². The molecule has 1 saturated heterocycles. The molecule has 2 N–H and O–H groups in total. The summed E-state index contributed by atoms with van der Waals surface area (Å²) in [7, 11) is 4.24. The van der Waals surface area contributed by atoms with Gasteiger partial charge in [-0.1, -0.05) is 6.58 Å². The summed E-state index contributed by atoms with van der Waals surface area (Å²) in [5.41, 5.74) is 1.01. The summed E-state index contributed by atoms with van der Waals surface area (Å²) < 4.78 is 52.5. The quantitative estimate of drug-likeness (QED) is 0.255. The number of ether oxygens (including phenoxy) is 4. The maximum absolute atomic E-state index is 15.5. The zero-order valence-electron chi connectivity index (χ0n) is 24.6. The summed E-state index contributed by atoms with van der Waals surface area (Å²) in [6.07, 6.45) is 3.06. The SMILES string of the molecule is C=CC(=O)N[C@H]1CCOC[C@H]1N/C(N=C)=N/c1c(C)cc(-c2c(F)c(OC)cc(OC)c2F)nc1C1CC(C)(OC)C1. The number of amides is 1. The Morgan fingerprint density at radius 3 is 2.38 bits per heavy atom. The highest BCUT2D eigenvalue weighted by Gasteiger charge is 2.43. The highest BCUT2D eigenvalue weighted by molar-refractivity contribution is 5.89. The Balaban J connectivity index is 1.80. The molecule has 1 amide bonds. The molecule has 2 atom stereocenters. The van der Waals surface area contributed by atoms with E-state index >= 15 is 8.78 Å². The van der Waals surface area contributed by atoms with Crippen molar-refractivity contribution >= 4 is 24.3 Å². The predicted octanol–water partition coefficient (Wildman–Crippen LogP) is 4.37. The van der Waals surface area contributed by atoms with E-state index in [-0.39, 0.29) is 58.2 Å². The Bertz CT molecular complexity index is 1360. The van der Waals surface area contributed by atoms with Crippen LogP contribution in [-0.2, 0) is 14.3 Å². The van der Waals surface area contributed by atoms with Crippen molar-refractivity contribution in [1.29, 1.82) is 0 Å². The molecule has 2 aliphatic rings. The Morgan fingerprint density at radius 1 is 1.14 bits per heavy atom. The van der Waals surface area contributed by atoms with Crippen LogP contribution in [0.15, 0.2) is 34.8 Å². The number of hydrogen-bond donors (Lipinski definition) is 2. The Hall–Kier alpha value is -3.90. The maximum atomic E-state index is 15.5. The molecule has 0 bridgehead atoms. The second kappa shape index (κ2) is 13.0. The second-order valence-electron chi connectivity index (χ2n) is 10.6. The summed E-state index contributed by atoms with van der Waals surface area (Å²) in [5, 5.41) is 6.13. The lowest BCUT2D eigenvalue weighted by atomic mass is 9.69. The summed E-state index contributed by atoms with van der Waals surface area (Å²) >= 11 is 0. The van der Waals surface area contributed by atoms with Crippen molar-refractivity contribution in [2.75, 3.05) is 34.5 Å². The largest absolute Gasteiger partial charge is 0.494 e. The minimum absolute atomic E-state index is 0.0774. The van der Waals surface area contributed by atoms with Gasteiger partial charge in [0.1, 0.15) is 0 Å². The smallest absolute Gasteiger partial charge is 0.243 e. The van der Waals surface area contributed by atoms with E-state index in [1.807, 2.05) is 6.92 Å². The second-order valence-corrected chi connectivity index (χ2v) is 10.6. The molecule has 0 unspecified atom stereocenters. The molecular weight excluding hydrogens is 548 g/mol. The maximum Gasteiger partial charge on any atom is 0.243 e. The molecule has 1 aliphatic carbocycles. The molecule has 1 aromatic heterocycles. The first kappa shape index (κ1) is 31.0. The van der Waals surface area contributed by atoms with Gasteiger partial charge in [-0.15, -0.1) is 0 Å². The average molecular weight is 586 g/mol. The Labute approximate surface area is 244 Å². The van der Waals surface area contributed by atoms with E-state index in [0.29, 0.717) is 49.4 Å². The fourth-order valence-corrected chi connectivity index (χ4v) is 5.38. The molecule has 2 aromatic rings. The van der Waals surface area contributed by atoms with E-state index in [2.05, 4.69) is 28.9 Å². The van der Waals surface area contributed by atoms with E-state index in [1.54, 1.807) is 20.1 Å². The van der Waals surface area contributed by atoms with Crippen LogP contribution in [0.1, 0.15) is 43.4 Å². The van der Waals surface area contributed by atoms with Crippen LogP contribution >= 0.6 is 0 Å². The van der Waals surface area contributed by atoms with Gasteiger partial charge in [-0.3, -0.25) is 9.78 Å². The number of halogens is 2. The van der Waals surface area contributed by atoms with Crippen LogP contribution in [0.4, 0.5) is 14.5 Å². The molecule has 1 aromatic carbocycles. The van der Waals surface area contributed by atoms with E-state index in [4.69, 9.17) is 28.9 Å². The van der Waals surface area contributed by atoms with Crippen LogP contribution < -0.4 is 20.1 Å². The number of carbonyl (C=O) groups excluding carboxylic acids is 1. The number of benzene rings is 1. The normalized spacial score (nSPS) is 23.9. The summed E-state index contributed by atoms with van der Waals surface area (Å²) in [6.45, 7) is 11.8. The standard InChI is InChI=1S/C30H37F2N5O5/c1-8-23(38)34-18-9-10-42-15-20(18)36-29(33-4)37-27-16(2)11-19(35-28(27)17-13-30(3,14-17)41-7)24-25(31)21(39-5)12-22(40-6)26(24)32/h8,11-12,17-18,20H,1,4,9-10,13-15H2,2-3,5-7H3,(H,34,38)(H,36,37)/t17?,18-,20+,30?/m0/s1. The number of nitrogens with one attached hydrogen (secondary N) is 2. The van der Waals surface area contributed by atoms with Gasteiger partial charge in [0.15, 0.2) is 23.1 Å². The fourth-order valence-electron chi connectivity index (χ4n) is 5.38. The van der Waals surface area contributed by atoms with Crippen LogP contribution in [0.2, 0.25) is 0 Å². The van der Waals surface area contributed by atoms with E-state index in [9.17, 15) is 4.79 Å². The fraction of sp³-hybridized carbons (Fsp3) is 0.467. The minimum Gasteiger partial charge on any atom is -0.494 e. The van der Waals surface area contributed by atoms with E-state index in [0.717, 1.165) is 6.07 Å². The Morgan fingerprint density at radius 2 is 1.81 bits per heavy atom. The van der Waals surface area contributed by atoms with Gasteiger partial charge in [-0.2, -0.15) is 0 Å². The Kier molecular flexibility index (Phi) is 9.57. The number of aryl methyl sites for hydroxylation is 1. The summed E-state index contributed by atoms with van der Waals surface area (Å²) in [6, 6.07) is 2.13. The number of guanidine groups is 1. The zero-order valence-corrected chi connectivity index (χ0v) is 24.6. The lowest BCUT2D eigenvalue weighted by Gasteiger charge is -2.44. The van der Waals surface area contributed by atoms with Crippen molar-refractivity contribution < 1.29 is 32.5 Å². The predicted molar refractivity (Wildman–Crippen MR) is 156 cm³/mol. The van der Waals surface area contributed by atoms with Crippen molar-refractivity contribution in [2.45, 2.75) is 56.7 Å². The van der Waals surface area contributed by atoms with Crippen LogP contribution in [-0.4, -0.2) is 75.8 Å². The third kappa shape index (κ3) is 6.29. The first-order valence-electron chi connectivity index (χ1n) is 13.6. The number of aliphatic imine (C=N–C) groups is 2. The third-order valence-electron chi connectivity index (χ3n) is 7.83. The lowest BCUT2D eigenvalue weighted by molar-refractivity contribution is -0.118. The van der Waals surface area contributed by atoms with E-state index in [1.165, 1.54) is 20.3 Å². The molecule has 2 fully saturated rings. The van der Waals surface area contributed by atoms with Gasteiger partial charge in [0.05, 0.1) is 61.1 Å². The van der Waals surface area contributed by atoms with Gasteiger partial charge in [0.2, 0.25) is 11.9 Å². The minimum atomic E-state index is -0.889. The van der Waals surface area contributed by atoms with Crippen molar-refractivity contribution in [1.82, 2.24) is 15.6 Å². The van der Waals surface area contributed by atoms with Crippen molar-refractivity contribution in [2.24, 2.45) is 9.98 Å². The first-order valence-corrected chi connectivity index (χ1v) is 13.6. The van der Waals surface area contributed by atoms with Gasteiger partial charge < -0.3 is 29.6 Å². The zero-order chi connectivity index (χ0) is 30.6. The van der Waals surface area contributed by atoms with Crippen molar-refractivity contribution in [3.63, 3.8) is 0 Å². The molecule has 0 spiro atoms. The summed E-state index contributed by atoms with van der Waals surface area (Å²) in [5.74, 6) is -2.32. The molecule has 226 valence electrons. The molecule has 2 heterocycles. The molecular formula is C30H37F2N5O5. The highest BCUT2D eigenvalue weighted by Crippen LogP contribution is 2.50. The lowest BCUT2D eigenvalue weighted by Crippen LogP contribution is -2.56. The molecule has 12 heteroatoms. The average Bonchev–Trinajstić information content (AvgIpc) is 2.97. The van der Waals surface area contributed by atoms with Gasteiger partial charge in [-0.25, -0.2) is 18.8 Å². The molecule has 10 nitrogen and oxygen atoms in total. The van der Waals surface area contributed by atoms with Gasteiger partial charge in [-0.05, 0) is 57.5 Å². The van der Waals surface area contributed by atoms with Gasteiger partial charge in [0.25, 0.3) is 0 Å². The number of nitrogens with zero attached hydrogens (tertiary/aromatic N) is 3. The van der Waals surface area contributed by atoms with Gasteiger partial charge in [0, 0.05) is 25.7 Å². The number of methoxy groups -OCH3 is 3. The number of rotatable bonds is 9. The molecule has 42 heavy (non-hydrogen) atoms. The number of carbonyl (C=O) groups is 1. The third-order valence-corrected chi connectivity index (χ3v) is 7.83.